The quantitative estimate of drug-likeness (QED) is 0.225. The van der Waals surface area contributed by atoms with E-state index < -0.39 is 0 Å². The highest BCUT2D eigenvalue weighted by molar-refractivity contribution is 14.1. The maximum atomic E-state index is 4.85. The summed E-state index contributed by atoms with van der Waals surface area (Å²) >= 11 is 2.35. The van der Waals surface area contributed by atoms with Gasteiger partial charge in [-0.15, -0.1) is 0 Å². The summed E-state index contributed by atoms with van der Waals surface area (Å²) in [6, 6.07) is 16.6. The molecule has 0 aliphatic rings. The molecule has 0 unspecified atom stereocenters. The lowest BCUT2D eigenvalue weighted by molar-refractivity contribution is 0.581. The average molecular weight is 487 g/mol. The van der Waals surface area contributed by atoms with Gasteiger partial charge in [0.15, 0.2) is 5.82 Å². The maximum absolute atomic E-state index is 4.85. The highest BCUT2D eigenvalue weighted by Crippen LogP contribution is 2.26. The lowest BCUT2D eigenvalue weighted by Gasteiger charge is -2.11. The fourth-order valence-corrected chi connectivity index (χ4v) is 3.91. The molecule has 0 amide bonds. The van der Waals surface area contributed by atoms with Crippen LogP contribution in [-0.2, 0) is 0 Å². The van der Waals surface area contributed by atoms with E-state index in [2.05, 4.69) is 65.2 Å². The summed E-state index contributed by atoms with van der Waals surface area (Å²) in [5, 5.41) is 4.68. The Kier molecular flexibility index (Phi) is 8.52. The number of nitrogens with one attached hydrogen (secondary N) is 1. The summed E-state index contributed by atoms with van der Waals surface area (Å²) < 4.78 is 1.20. The van der Waals surface area contributed by atoms with Gasteiger partial charge >= 0.3 is 0 Å². The average Bonchev–Trinajstić information content (AvgIpc) is 2.73. The normalized spacial score (nSPS) is 11.1. The Morgan fingerprint density at radius 1 is 0.821 bits per heavy atom. The summed E-state index contributed by atoms with van der Waals surface area (Å²) in [6.45, 7) is 3.23. The second-order valence-corrected chi connectivity index (χ2v) is 8.57. The van der Waals surface area contributed by atoms with Crippen LogP contribution >= 0.6 is 22.6 Å². The molecule has 1 heterocycles. The number of fused-ring (bicyclic) bond motifs is 1. The molecule has 0 aliphatic carbocycles. The van der Waals surface area contributed by atoms with Gasteiger partial charge in [-0.1, -0.05) is 82.2 Å². The topological polar surface area (TPSA) is 37.8 Å². The molecule has 2 aromatic carbocycles. The highest BCUT2D eigenvalue weighted by atomic mass is 127. The van der Waals surface area contributed by atoms with Crippen LogP contribution in [0, 0.1) is 3.57 Å². The number of aromatic nitrogens is 2. The van der Waals surface area contributed by atoms with Crippen molar-refractivity contribution in [2.24, 2.45) is 0 Å². The van der Waals surface area contributed by atoms with Crippen LogP contribution < -0.4 is 5.32 Å². The zero-order chi connectivity index (χ0) is 19.6. The van der Waals surface area contributed by atoms with Crippen molar-refractivity contribution in [3.8, 4) is 11.4 Å². The van der Waals surface area contributed by atoms with Crippen molar-refractivity contribution in [2.45, 2.75) is 58.3 Å². The Labute approximate surface area is 182 Å². The number of benzene rings is 2. The first-order valence-electron chi connectivity index (χ1n) is 10.5. The van der Waals surface area contributed by atoms with Crippen LogP contribution in [0.2, 0.25) is 0 Å². The van der Waals surface area contributed by atoms with Crippen molar-refractivity contribution < 1.29 is 0 Å². The minimum absolute atomic E-state index is 0.785. The summed E-state index contributed by atoms with van der Waals surface area (Å²) in [5.41, 5.74) is 2.05. The lowest BCUT2D eigenvalue weighted by atomic mass is 10.1. The van der Waals surface area contributed by atoms with Gasteiger partial charge < -0.3 is 5.32 Å². The molecule has 1 aromatic heterocycles. The number of unbranched alkanes of at least 4 members (excludes halogenated alkanes) is 7. The SMILES string of the molecule is CCCCCCCCCCNc1nc(-c2ccccc2)nc2ccc(I)cc12. The Morgan fingerprint density at radius 2 is 1.54 bits per heavy atom. The third-order valence-electron chi connectivity index (χ3n) is 5.01. The van der Waals surface area contributed by atoms with Crippen LogP contribution in [0.5, 0.6) is 0 Å². The van der Waals surface area contributed by atoms with Crippen molar-refractivity contribution in [2.75, 3.05) is 11.9 Å². The molecule has 0 bridgehead atoms. The summed E-state index contributed by atoms with van der Waals surface area (Å²) in [4.78, 5) is 9.64. The molecule has 3 aromatic rings. The molecule has 3 rings (SSSR count). The number of hydrogen-bond acceptors (Lipinski definition) is 3. The Hall–Kier alpha value is -1.69. The van der Waals surface area contributed by atoms with Crippen molar-refractivity contribution >= 4 is 39.3 Å². The Bertz CT molecular complexity index is 864. The second kappa shape index (κ2) is 11.3. The number of hydrogen-bond donors (Lipinski definition) is 1. The van der Waals surface area contributed by atoms with E-state index in [1.54, 1.807) is 0 Å². The fraction of sp³-hybridized carbons (Fsp3) is 0.417. The molecule has 28 heavy (non-hydrogen) atoms. The van der Waals surface area contributed by atoms with Crippen LogP contribution in [0.3, 0.4) is 0 Å². The molecule has 4 heteroatoms. The zero-order valence-electron chi connectivity index (χ0n) is 16.8. The standard InChI is InChI=1S/C24H30IN3/c1-2-3-4-5-6-7-8-12-17-26-24-21-18-20(25)15-16-22(21)27-23(28-24)19-13-10-9-11-14-19/h9-11,13-16,18H,2-8,12,17H2,1H3,(H,26,27,28). The Balaban J connectivity index is 1.63. The van der Waals surface area contributed by atoms with Crippen molar-refractivity contribution in [3.05, 3.63) is 52.1 Å². The van der Waals surface area contributed by atoms with Gasteiger partial charge in [-0.05, 0) is 47.2 Å². The van der Waals surface area contributed by atoms with Gasteiger partial charge in [-0.25, -0.2) is 9.97 Å². The van der Waals surface area contributed by atoms with Crippen molar-refractivity contribution in [3.63, 3.8) is 0 Å². The van der Waals surface area contributed by atoms with Crippen LogP contribution in [-0.4, -0.2) is 16.5 Å². The first-order valence-corrected chi connectivity index (χ1v) is 11.6. The van der Waals surface area contributed by atoms with E-state index in [-0.39, 0.29) is 0 Å². The van der Waals surface area contributed by atoms with Gasteiger partial charge in [-0.3, -0.25) is 0 Å². The molecule has 3 nitrogen and oxygen atoms in total. The van der Waals surface area contributed by atoms with Gasteiger partial charge in [-0.2, -0.15) is 0 Å². The molecular weight excluding hydrogens is 457 g/mol. The second-order valence-electron chi connectivity index (χ2n) is 7.32. The summed E-state index contributed by atoms with van der Waals surface area (Å²) in [7, 11) is 0. The van der Waals surface area contributed by atoms with E-state index in [1.807, 2.05) is 18.2 Å². The van der Waals surface area contributed by atoms with Gasteiger partial charge in [0.2, 0.25) is 0 Å². The molecule has 148 valence electrons. The lowest BCUT2D eigenvalue weighted by Crippen LogP contribution is -2.06. The fourth-order valence-electron chi connectivity index (χ4n) is 3.42. The van der Waals surface area contributed by atoms with E-state index in [0.717, 1.165) is 34.7 Å². The summed E-state index contributed by atoms with van der Waals surface area (Å²) in [5.74, 6) is 1.73. The first-order chi connectivity index (χ1) is 13.8. The van der Waals surface area contributed by atoms with Gasteiger partial charge in [0.1, 0.15) is 5.82 Å². The molecule has 0 saturated carbocycles. The van der Waals surface area contributed by atoms with E-state index in [0.29, 0.717) is 0 Å². The van der Waals surface area contributed by atoms with E-state index in [4.69, 9.17) is 9.97 Å². The zero-order valence-corrected chi connectivity index (χ0v) is 18.9. The first kappa shape index (κ1) is 21.0. The predicted molar refractivity (Wildman–Crippen MR) is 129 cm³/mol. The predicted octanol–water partition coefficient (Wildman–Crippen LogP) is 7.45. The van der Waals surface area contributed by atoms with Crippen LogP contribution in [0.1, 0.15) is 58.3 Å². The molecule has 0 radical (unpaired) electrons. The third-order valence-corrected chi connectivity index (χ3v) is 5.68. The molecule has 1 N–H and O–H groups in total. The Morgan fingerprint density at radius 3 is 2.29 bits per heavy atom. The number of nitrogens with zero attached hydrogens (tertiary/aromatic N) is 2. The summed E-state index contributed by atoms with van der Waals surface area (Å²) in [6.07, 6.45) is 10.6. The minimum atomic E-state index is 0.785. The van der Waals surface area contributed by atoms with Crippen LogP contribution in [0.15, 0.2) is 48.5 Å². The van der Waals surface area contributed by atoms with Gasteiger partial charge in [0, 0.05) is 21.1 Å². The van der Waals surface area contributed by atoms with Crippen LogP contribution in [0.25, 0.3) is 22.3 Å². The van der Waals surface area contributed by atoms with Crippen molar-refractivity contribution in [1.29, 1.82) is 0 Å². The molecular formula is C24H30IN3. The molecule has 0 spiro atoms. The molecule has 0 saturated heterocycles. The van der Waals surface area contributed by atoms with Gasteiger partial charge in [0.05, 0.1) is 5.52 Å². The third kappa shape index (κ3) is 6.16. The molecule has 0 aliphatic heterocycles. The van der Waals surface area contributed by atoms with Crippen LogP contribution in [0.4, 0.5) is 5.82 Å². The number of anilines is 1. The molecule has 0 fully saturated rings. The largest absolute Gasteiger partial charge is 0.369 e. The minimum Gasteiger partial charge on any atom is -0.369 e. The smallest absolute Gasteiger partial charge is 0.162 e. The van der Waals surface area contributed by atoms with E-state index in [1.165, 1.54) is 54.9 Å². The van der Waals surface area contributed by atoms with Crippen molar-refractivity contribution in [1.82, 2.24) is 9.97 Å². The maximum Gasteiger partial charge on any atom is 0.162 e. The highest BCUT2D eigenvalue weighted by Gasteiger charge is 2.09. The molecule has 0 atom stereocenters. The van der Waals surface area contributed by atoms with E-state index >= 15 is 0 Å². The monoisotopic (exact) mass is 487 g/mol. The van der Waals surface area contributed by atoms with Gasteiger partial charge in [0.25, 0.3) is 0 Å². The number of rotatable bonds is 11. The van der Waals surface area contributed by atoms with E-state index in [9.17, 15) is 0 Å². The number of halogens is 1.